The largest absolute Gasteiger partial charge is 0.461 e. The van der Waals surface area contributed by atoms with Gasteiger partial charge in [-0.2, -0.15) is 11.8 Å². The number of carbonyl (C=O) groups is 1. The molecule has 0 heterocycles. The number of carbonyl (C=O) groups excluding carboxylic acids is 1. The molecule has 2 aliphatic carbocycles. The summed E-state index contributed by atoms with van der Waals surface area (Å²) in [6.07, 6.45) is 6.26. The third-order valence-electron chi connectivity index (χ3n) is 5.91. The first kappa shape index (κ1) is 15.2. The molecule has 2 bridgehead atoms. The molecule has 4 heteroatoms. The van der Waals surface area contributed by atoms with Crippen molar-refractivity contribution >= 4 is 17.7 Å². The van der Waals surface area contributed by atoms with Gasteiger partial charge in [-0.1, -0.05) is 20.8 Å². The topological polar surface area (TPSA) is 52.3 Å². The summed E-state index contributed by atoms with van der Waals surface area (Å²) >= 11 is 1.71. The number of esters is 1. The first-order valence-corrected chi connectivity index (χ1v) is 8.67. The van der Waals surface area contributed by atoms with Gasteiger partial charge in [0.05, 0.1) is 0 Å². The molecule has 0 aromatic carbocycles. The molecule has 0 aliphatic heterocycles. The van der Waals surface area contributed by atoms with Gasteiger partial charge in [0.2, 0.25) is 0 Å². The van der Waals surface area contributed by atoms with Crippen LogP contribution in [-0.4, -0.2) is 30.1 Å². The van der Waals surface area contributed by atoms with Crippen molar-refractivity contribution in [3.05, 3.63) is 0 Å². The maximum atomic E-state index is 12.1. The molecule has 3 nitrogen and oxygen atoms in total. The van der Waals surface area contributed by atoms with Crippen molar-refractivity contribution < 1.29 is 9.53 Å². The Morgan fingerprint density at radius 3 is 2.63 bits per heavy atom. The van der Waals surface area contributed by atoms with E-state index in [9.17, 15) is 4.79 Å². The molecule has 3 unspecified atom stereocenters. The Kier molecular flexibility index (Phi) is 4.22. The van der Waals surface area contributed by atoms with Crippen molar-refractivity contribution in [1.82, 2.24) is 0 Å². The highest BCUT2D eigenvalue weighted by Crippen LogP contribution is 2.66. The fraction of sp³-hybridized carbons (Fsp3) is 0.933. The van der Waals surface area contributed by atoms with Crippen LogP contribution in [0.2, 0.25) is 0 Å². The van der Waals surface area contributed by atoms with Gasteiger partial charge < -0.3 is 10.5 Å². The van der Waals surface area contributed by atoms with E-state index in [1.54, 1.807) is 11.8 Å². The van der Waals surface area contributed by atoms with Crippen LogP contribution >= 0.6 is 11.8 Å². The molecule has 110 valence electrons. The van der Waals surface area contributed by atoms with Gasteiger partial charge >= 0.3 is 5.97 Å². The molecule has 4 atom stereocenters. The molecule has 19 heavy (non-hydrogen) atoms. The van der Waals surface area contributed by atoms with Crippen molar-refractivity contribution in [1.29, 1.82) is 0 Å². The van der Waals surface area contributed by atoms with Gasteiger partial charge in [-0.3, -0.25) is 4.79 Å². The second-order valence-electron chi connectivity index (χ2n) is 6.92. The SMILES string of the molecule is CSCC[C@H](N)C(=O)OC1CC2CCC1(C)C2(C)C. The molecule has 0 amide bonds. The Morgan fingerprint density at radius 2 is 2.16 bits per heavy atom. The van der Waals surface area contributed by atoms with E-state index in [1.165, 1.54) is 12.8 Å². The fourth-order valence-corrected chi connectivity index (χ4v) is 4.39. The summed E-state index contributed by atoms with van der Waals surface area (Å²) < 4.78 is 5.77. The maximum absolute atomic E-state index is 12.1. The molecular weight excluding hydrogens is 258 g/mol. The summed E-state index contributed by atoms with van der Waals surface area (Å²) in [5.41, 5.74) is 6.31. The van der Waals surface area contributed by atoms with Gasteiger partial charge in [-0.05, 0) is 49.0 Å². The quantitative estimate of drug-likeness (QED) is 0.789. The van der Waals surface area contributed by atoms with Crippen molar-refractivity contribution in [2.24, 2.45) is 22.5 Å². The third-order valence-corrected chi connectivity index (χ3v) is 6.55. The second kappa shape index (κ2) is 5.28. The lowest BCUT2D eigenvalue weighted by Gasteiger charge is -2.38. The number of hydrogen-bond donors (Lipinski definition) is 1. The lowest BCUT2D eigenvalue weighted by Crippen LogP contribution is -2.42. The van der Waals surface area contributed by atoms with Crippen molar-refractivity contribution in [2.45, 2.75) is 58.6 Å². The summed E-state index contributed by atoms with van der Waals surface area (Å²) in [4.78, 5) is 12.1. The molecule has 2 aliphatic rings. The predicted octanol–water partition coefficient (Wildman–Crippen LogP) is 2.82. The molecule has 0 saturated heterocycles. The summed E-state index contributed by atoms with van der Waals surface area (Å²) in [7, 11) is 0. The van der Waals surface area contributed by atoms with Crippen LogP contribution in [0.4, 0.5) is 0 Å². The van der Waals surface area contributed by atoms with Crippen molar-refractivity contribution in [3.8, 4) is 0 Å². The molecule has 0 spiro atoms. The first-order chi connectivity index (χ1) is 8.83. The fourth-order valence-electron chi connectivity index (χ4n) is 3.90. The van der Waals surface area contributed by atoms with Gasteiger partial charge in [0.15, 0.2) is 0 Å². The van der Waals surface area contributed by atoms with Gasteiger partial charge in [0, 0.05) is 5.41 Å². The van der Waals surface area contributed by atoms with Crippen molar-refractivity contribution in [2.75, 3.05) is 12.0 Å². The lowest BCUT2D eigenvalue weighted by molar-refractivity contribution is -0.158. The van der Waals surface area contributed by atoms with E-state index in [-0.39, 0.29) is 22.9 Å². The van der Waals surface area contributed by atoms with Gasteiger partial charge in [-0.25, -0.2) is 0 Å². The normalized spacial score (nSPS) is 37.3. The van der Waals surface area contributed by atoms with E-state index in [0.717, 1.165) is 12.2 Å². The Labute approximate surface area is 121 Å². The van der Waals surface area contributed by atoms with Crippen LogP contribution in [0.15, 0.2) is 0 Å². The average molecular weight is 285 g/mol. The minimum absolute atomic E-state index is 0.0640. The molecule has 2 fully saturated rings. The third kappa shape index (κ3) is 2.42. The monoisotopic (exact) mass is 285 g/mol. The molecule has 0 aromatic heterocycles. The van der Waals surface area contributed by atoms with E-state index in [0.29, 0.717) is 12.3 Å². The Bertz CT molecular complexity index is 358. The minimum atomic E-state index is -0.460. The average Bonchev–Trinajstić information content (AvgIpc) is 2.68. The highest BCUT2D eigenvalue weighted by atomic mass is 32.2. The van der Waals surface area contributed by atoms with Crippen LogP contribution in [0.25, 0.3) is 0 Å². The van der Waals surface area contributed by atoms with Crippen LogP contribution in [0, 0.1) is 16.7 Å². The number of ether oxygens (including phenoxy) is 1. The lowest BCUT2D eigenvalue weighted by atomic mass is 9.70. The van der Waals surface area contributed by atoms with Gasteiger partial charge in [-0.15, -0.1) is 0 Å². The smallest absolute Gasteiger partial charge is 0.323 e. The molecule has 0 radical (unpaired) electrons. The van der Waals surface area contributed by atoms with Crippen LogP contribution < -0.4 is 5.73 Å². The number of fused-ring (bicyclic) bond motifs is 2. The van der Waals surface area contributed by atoms with Gasteiger partial charge in [0.1, 0.15) is 12.1 Å². The summed E-state index contributed by atoms with van der Waals surface area (Å²) in [5, 5.41) is 0. The summed E-state index contributed by atoms with van der Waals surface area (Å²) in [6, 6.07) is -0.460. The molecular formula is C15H27NO2S. The first-order valence-electron chi connectivity index (χ1n) is 7.28. The predicted molar refractivity (Wildman–Crippen MR) is 80.1 cm³/mol. The van der Waals surface area contributed by atoms with Crippen LogP contribution in [0.3, 0.4) is 0 Å². The zero-order chi connectivity index (χ0) is 14.3. The summed E-state index contributed by atoms with van der Waals surface area (Å²) in [5.74, 6) is 1.40. The molecule has 2 N–H and O–H groups in total. The van der Waals surface area contributed by atoms with Crippen molar-refractivity contribution in [3.63, 3.8) is 0 Å². The van der Waals surface area contributed by atoms with E-state index in [2.05, 4.69) is 20.8 Å². The van der Waals surface area contributed by atoms with Gasteiger partial charge in [0.25, 0.3) is 0 Å². The Balaban J connectivity index is 1.96. The van der Waals surface area contributed by atoms with E-state index < -0.39 is 6.04 Å². The molecule has 2 saturated carbocycles. The van der Waals surface area contributed by atoms with E-state index in [4.69, 9.17) is 10.5 Å². The molecule has 2 rings (SSSR count). The Hall–Kier alpha value is -0.220. The zero-order valence-electron chi connectivity index (χ0n) is 12.6. The summed E-state index contributed by atoms with van der Waals surface area (Å²) in [6.45, 7) is 6.93. The highest BCUT2D eigenvalue weighted by molar-refractivity contribution is 7.98. The Morgan fingerprint density at radius 1 is 1.47 bits per heavy atom. The number of nitrogens with two attached hydrogens (primary N) is 1. The van der Waals surface area contributed by atoms with E-state index in [1.807, 2.05) is 6.26 Å². The minimum Gasteiger partial charge on any atom is -0.461 e. The zero-order valence-corrected chi connectivity index (χ0v) is 13.4. The van der Waals surface area contributed by atoms with Crippen LogP contribution in [-0.2, 0) is 9.53 Å². The number of rotatable bonds is 5. The molecule has 0 aromatic rings. The number of thioether (sulfide) groups is 1. The standard InChI is InChI=1S/C15H27NO2S/c1-14(2)10-5-7-15(14,3)12(9-10)18-13(17)11(16)6-8-19-4/h10-12H,5-9,16H2,1-4H3/t10?,11-,12?,15?/m0/s1. The second-order valence-corrected chi connectivity index (χ2v) is 7.91. The number of hydrogen-bond acceptors (Lipinski definition) is 4. The van der Waals surface area contributed by atoms with Crippen LogP contribution in [0.5, 0.6) is 0 Å². The maximum Gasteiger partial charge on any atom is 0.323 e. The van der Waals surface area contributed by atoms with Crippen LogP contribution in [0.1, 0.15) is 46.5 Å². The highest BCUT2D eigenvalue weighted by Gasteiger charge is 2.62. The van der Waals surface area contributed by atoms with E-state index >= 15 is 0 Å².